The number of aliphatic hydroxyl groups excluding tert-OH is 1. The number of carbonyl (C=O) groups is 2. The number of carbonyl (C=O) groups excluding carboxylic acids is 2. The molecule has 0 fully saturated rings. The normalized spacial score (nSPS) is 14.4. The van der Waals surface area contributed by atoms with E-state index in [4.69, 9.17) is 0 Å². The zero-order valence-electron chi connectivity index (χ0n) is 11.9. The van der Waals surface area contributed by atoms with Gasteiger partial charge in [-0.05, 0) is 24.7 Å². The molecule has 0 aliphatic carbocycles. The smallest absolute Gasteiger partial charge is 0.328 e. The van der Waals surface area contributed by atoms with Crippen LogP contribution in [-0.2, 0) is 14.3 Å². The lowest BCUT2D eigenvalue weighted by Crippen LogP contribution is -2.46. The first kappa shape index (κ1) is 16.9. The first-order valence-corrected chi connectivity index (χ1v) is 6.34. The fourth-order valence-electron chi connectivity index (χ4n) is 1.65. The van der Waals surface area contributed by atoms with Crippen molar-refractivity contribution in [3.05, 3.63) is 0 Å². The summed E-state index contributed by atoms with van der Waals surface area (Å²) in [5.41, 5.74) is 0. The minimum absolute atomic E-state index is 0.215. The molecular weight excluding hydrogens is 234 g/mol. The molecule has 0 saturated heterocycles. The fourth-order valence-corrected chi connectivity index (χ4v) is 1.65. The van der Waals surface area contributed by atoms with E-state index in [1.807, 2.05) is 27.7 Å². The van der Waals surface area contributed by atoms with Crippen molar-refractivity contribution in [1.29, 1.82) is 0 Å². The first-order chi connectivity index (χ1) is 8.27. The molecule has 0 heterocycles. The van der Waals surface area contributed by atoms with Crippen LogP contribution in [0.2, 0.25) is 0 Å². The maximum Gasteiger partial charge on any atom is 0.328 e. The third-order valence-electron chi connectivity index (χ3n) is 2.51. The molecule has 1 amide bonds. The molecule has 106 valence electrons. The zero-order valence-corrected chi connectivity index (χ0v) is 11.9. The third-order valence-corrected chi connectivity index (χ3v) is 2.51. The Balaban J connectivity index is 4.47. The number of amides is 1. The predicted molar refractivity (Wildman–Crippen MR) is 68.9 cm³/mol. The number of aliphatic hydroxyl groups is 1. The van der Waals surface area contributed by atoms with Crippen molar-refractivity contribution in [2.24, 2.45) is 11.8 Å². The third kappa shape index (κ3) is 6.59. The van der Waals surface area contributed by atoms with E-state index in [0.29, 0.717) is 12.8 Å². The molecule has 0 aliphatic heterocycles. The van der Waals surface area contributed by atoms with Crippen molar-refractivity contribution in [1.82, 2.24) is 5.32 Å². The molecule has 0 aromatic carbocycles. The highest BCUT2D eigenvalue weighted by Crippen LogP contribution is 2.09. The second-order valence-electron chi connectivity index (χ2n) is 5.36. The van der Waals surface area contributed by atoms with Crippen LogP contribution in [0.5, 0.6) is 0 Å². The second kappa shape index (κ2) is 8.08. The van der Waals surface area contributed by atoms with E-state index in [-0.39, 0.29) is 11.8 Å². The number of rotatable bonds is 7. The predicted octanol–water partition coefficient (Wildman–Crippen LogP) is 1.10. The van der Waals surface area contributed by atoms with Crippen LogP contribution in [0.3, 0.4) is 0 Å². The van der Waals surface area contributed by atoms with Gasteiger partial charge >= 0.3 is 5.97 Å². The van der Waals surface area contributed by atoms with Gasteiger partial charge in [-0.15, -0.1) is 0 Å². The summed E-state index contributed by atoms with van der Waals surface area (Å²) in [7, 11) is 1.28. The van der Waals surface area contributed by atoms with Gasteiger partial charge in [-0.1, -0.05) is 27.7 Å². The van der Waals surface area contributed by atoms with Crippen LogP contribution in [-0.4, -0.2) is 36.2 Å². The van der Waals surface area contributed by atoms with Crippen LogP contribution in [0.1, 0.15) is 40.5 Å². The lowest BCUT2D eigenvalue weighted by atomic mass is 10.0. The highest BCUT2D eigenvalue weighted by atomic mass is 16.5. The quantitative estimate of drug-likeness (QED) is 0.671. The molecule has 0 saturated carbocycles. The number of nitrogens with one attached hydrogen (secondary N) is 1. The SMILES string of the molecule is COC(=O)[C@@H](CC(C)C)NC(=O)[C@H](O)CC(C)C. The van der Waals surface area contributed by atoms with Crippen LogP contribution >= 0.6 is 0 Å². The van der Waals surface area contributed by atoms with Gasteiger partial charge in [0.2, 0.25) is 5.91 Å². The molecule has 18 heavy (non-hydrogen) atoms. The van der Waals surface area contributed by atoms with Crippen molar-refractivity contribution in [2.75, 3.05) is 7.11 Å². The van der Waals surface area contributed by atoms with Gasteiger partial charge in [-0.2, -0.15) is 0 Å². The highest BCUT2D eigenvalue weighted by molar-refractivity contribution is 5.86. The molecule has 0 unspecified atom stereocenters. The van der Waals surface area contributed by atoms with E-state index in [9.17, 15) is 14.7 Å². The Morgan fingerprint density at radius 3 is 2.00 bits per heavy atom. The molecule has 0 spiro atoms. The van der Waals surface area contributed by atoms with Gasteiger partial charge in [0.15, 0.2) is 0 Å². The summed E-state index contributed by atoms with van der Waals surface area (Å²) in [6, 6.07) is -0.690. The maximum absolute atomic E-state index is 11.7. The van der Waals surface area contributed by atoms with Gasteiger partial charge in [-0.3, -0.25) is 4.79 Å². The minimum atomic E-state index is -1.08. The summed E-state index contributed by atoms with van der Waals surface area (Å²) in [5.74, 6) is -0.530. The van der Waals surface area contributed by atoms with E-state index in [0.717, 1.165) is 0 Å². The van der Waals surface area contributed by atoms with Crippen LogP contribution < -0.4 is 5.32 Å². The van der Waals surface area contributed by atoms with E-state index in [1.54, 1.807) is 0 Å². The van der Waals surface area contributed by atoms with Crippen molar-refractivity contribution in [2.45, 2.75) is 52.7 Å². The Hall–Kier alpha value is -1.10. The molecule has 0 aromatic rings. The molecule has 5 nitrogen and oxygen atoms in total. The van der Waals surface area contributed by atoms with Crippen molar-refractivity contribution >= 4 is 11.9 Å². The fraction of sp³-hybridized carbons (Fsp3) is 0.846. The van der Waals surface area contributed by atoms with Crippen molar-refractivity contribution < 1.29 is 19.4 Å². The Bertz CT molecular complexity index is 276. The number of ether oxygens (including phenoxy) is 1. The monoisotopic (exact) mass is 259 g/mol. The van der Waals surface area contributed by atoms with Gasteiger partial charge in [-0.25, -0.2) is 4.79 Å². The van der Waals surface area contributed by atoms with Crippen LogP contribution in [0, 0.1) is 11.8 Å². The number of methoxy groups -OCH3 is 1. The van der Waals surface area contributed by atoms with Crippen molar-refractivity contribution in [3.63, 3.8) is 0 Å². The van der Waals surface area contributed by atoms with E-state index < -0.39 is 24.0 Å². The lowest BCUT2D eigenvalue weighted by Gasteiger charge is -2.20. The van der Waals surface area contributed by atoms with Gasteiger partial charge in [0, 0.05) is 0 Å². The second-order valence-corrected chi connectivity index (χ2v) is 5.36. The Labute approximate surface area is 109 Å². The summed E-state index contributed by atoms with van der Waals surface area (Å²) in [5, 5.41) is 12.2. The summed E-state index contributed by atoms with van der Waals surface area (Å²) in [6.45, 7) is 7.74. The van der Waals surface area contributed by atoms with E-state index in [2.05, 4.69) is 10.1 Å². The average Bonchev–Trinajstić information content (AvgIpc) is 2.25. The molecule has 0 rings (SSSR count). The largest absolute Gasteiger partial charge is 0.467 e. The number of esters is 1. The minimum Gasteiger partial charge on any atom is -0.467 e. The van der Waals surface area contributed by atoms with Crippen LogP contribution in [0.25, 0.3) is 0 Å². The molecule has 0 aliphatic rings. The summed E-state index contributed by atoms with van der Waals surface area (Å²) >= 11 is 0. The zero-order chi connectivity index (χ0) is 14.3. The van der Waals surface area contributed by atoms with Crippen molar-refractivity contribution in [3.8, 4) is 0 Å². The maximum atomic E-state index is 11.7. The Kier molecular flexibility index (Phi) is 7.59. The molecule has 2 N–H and O–H groups in total. The summed E-state index contributed by atoms with van der Waals surface area (Å²) < 4.78 is 4.64. The molecule has 0 aromatic heterocycles. The van der Waals surface area contributed by atoms with Gasteiger partial charge in [0.1, 0.15) is 12.1 Å². The number of hydrogen-bond acceptors (Lipinski definition) is 4. The van der Waals surface area contributed by atoms with E-state index >= 15 is 0 Å². The first-order valence-electron chi connectivity index (χ1n) is 6.34. The summed E-state index contributed by atoms with van der Waals surface area (Å²) in [6.07, 6.45) is -0.210. The topological polar surface area (TPSA) is 75.6 Å². The number of hydrogen-bond donors (Lipinski definition) is 2. The highest BCUT2D eigenvalue weighted by Gasteiger charge is 2.25. The molecule has 0 radical (unpaired) electrons. The Morgan fingerprint density at radius 1 is 1.11 bits per heavy atom. The molecular formula is C13H25NO4. The van der Waals surface area contributed by atoms with Crippen LogP contribution in [0.15, 0.2) is 0 Å². The van der Waals surface area contributed by atoms with E-state index in [1.165, 1.54) is 7.11 Å². The standard InChI is InChI=1S/C13H25NO4/c1-8(2)6-10(13(17)18-5)14-12(16)11(15)7-9(3)4/h8-11,15H,6-7H2,1-5H3,(H,14,16)/t10-,11-/m1/s1. The van der Waals surface area contributed by atoms with Crippen LogP contribution in [0.4, 0.5) is 0 Å². The van der Waals surface area contributed by atoms with Gasteiger partial charge < -0.3 is 15.2 Å². The Morgan fingerprint density at radius 2 is 1.61 bits per heavy atom. The van der Waals surface area contributed by atoms with Gasteiger partial charge in [0.25, 0.3) is 0 Å². The van der Waals surface area contributed by atoms with Gasteiger partial charge in [0.05, 0.1) is 7.11 Å². The lowest BCUT2D eigenvalue weighted by molar-refractivity contribution is -0.146. The molecule has 2 atom stereocenters. The summed E-state index contributed by atoms with van der Waals surface area (Å²) in [4.78, 5) is 23.2. The molecule has 0 bridgehead atoms. The molecule has 5 heteroatoms. The average molecular weight is 259 g/mol.